The van der Waals surface area contributed by atoms with Crippen LogP contribution < -0.4 is 11.2 Å². The second kappa shape index (κ2) is 7.94. The predicted octanol–water partition coefficient (Wildman–Crippen LogP) is 2.76. The monoisotopic (exact) mass is 391 g/mol. The molecular formula is C15H17F4N5OS. The molecule has 0 bridgehead atoms. The van der Waals surface area contributed by atoms with Gasteiger partial charge in [0, 0.05) is 0 Å². The molecule has 1 heterocycles. The van der Waals surface area contributed by atoms with E-state index in [9.17, 15) is 22.4 Å². The summed E-state index contributed by atoms with van der Waals surface area (Å²) in [6.07, 6.45) is -4.73. The minimum absolute atomic E-state index is 0.0180. The number of nitrogens with zero attached hydrogens (tertiary/aromatic N) is 3. The van der Waals surface area contributed by atoms with E-state index in [1.54, 1.807) is 12.1 Å². The number of aromatic nitrogens is 3. The number of rotatable bonds is 6. The minimum atomic E-state index is -4.73. The number of amides is 1. The van der Waals surface area contributed by atoms with E-state index in [1.807, 2.05) is 13.8 Å². The Labute approximate surface area is 151 Å². The number of hydrogen-bond acceptors (Lipinski definition) is 5. The van der Waals surface area contributed by atoms with Crippen LogP contribution in [0, 0.1) is 11.7 Å². The molecule has 0 saturated heterocycles. The number of nitrogens with one attached hydrogen (secondary N) is 1. The van der Waals surface area contributed by atoms with Gasteiger partial charge in [0.15, 0.2) is 0 Å². The fraction of sp³-hybridized carbons (Fsp3) is 0.400. The van der Waals surface area contributed by atoms with E-state index in [4.69, 9.17) is 5.84 Å². The molecule has 26 heavy (non-hydrogen) atoms. The fourth-order valence-corrected chi connectivity index (χ4v) is 2.89. The molecule has 0 aliphatic rings. The lowest BCUT2D eigenvalue weighted by atomic mass is 9.96. The maximum atomic E-state index is 13.0. The van der Waals surface area contributed by atoms with Crippen molar-refractivity contribution >= 4 is 17.7 Å². The number of hydrogen-bond donors (Lipinski definition) is 2. The lowest BCUT2D eigenvalue weighted by Crippen LogP contribution is -2.33. The Morgan fingerprint density at radius 3 is 2.38 bits per heavy atom. The SMILES string of the molecule is CC(C)C(NC(=O)CSc1nnc(C(F)(F)F)n1N)c1ccc(F)cc1. The van der Waals surface area contributed by atoms with E-state index in [1.165, 1.54) is 12.1 Å². The van der Waals surface area contributed by atoms with Crippen molar-refractivity contribution in [1.29, 1.82) is 0 Å². The van der Waals surface area contributed by atoms with Gasteiger partial charge in [0.05, 0.1) is 11.8 Å². The summed E-state index contributed by atoms with van der Waals surface area (Å²) in [4.78, 5) is 12.2. The van der Waals surface area contributed by atoms with Crippen LogP contribution in [-0.2, 0) is 11.0 Å². The quantitative estimate of drug-likeness (QED) is 0.449. The Balaban J connectivity index is 2.01. The largest absolute Gasteiger partial charge is 0.453 e. The van der Waals surface area contributed by atoms with Crippen LogP contribution in [0.4, 0.5) is 17.6 Å². The standard InChI is InChI=1S/C15H17F4N5OS/c1-8(2)12(9-3-5-10(16)6-4-9)21-11(25)7-26-14-23-22-13(24(14)20)15(17,18)19/h3-6,8,12H,7,20H2,1-2H3,(H,21,25). The first-order valence-corrected chi connectivity index (χ1v) is 8.53. The second-order valence-corrected chi connectivity index (χ2v) is 6.75. The highest BCUT2D eigenvalue weighted by atomic mass is 32.2. The lowest BCUT2D eigenvalue weighted by Gasteiger charge is -2.23. The van der Waals surface area contributed by atoms with Crippen LogP contribution in [0.15, 0.2) is 29.4 Å². The van der Waals surface area contributed by atoms with Gasteiger partial charge in [0.2, 0.25) is 11.1 Å². The molecule has 0 fully saturated rings. The van der Waals surface area contributed by atoms with Crippen molar-refractivity contribution in [3.63, 3.8) is 0 Å². The maximum absolute atomic E-state index is 13.0. The summed E-state index contributed by atoms with van der Waals surface area (Å²) in [7, 11) is 0. The number of benzene rings is 1. The number of carbonyl (C=O) groups is 1. The summed E-state index contributed by atoms with van der Waals surface area (Å²) in [5.41, 5.74) is 0.723. The van der Waals surface area contributed by atoms with Crippen LogP contribution in [-0.4, -0.2) is 26.5 Å². The van der Waals surface area contributed by atoms with Crippen LogP contribution >= 0.6 is 11.8 Å². The fourth-order valence-electron chi connectivity index (χ4n) is 2.22. The molecule has 0 aliphatic heterocycles. The molecule has 1 aromatic carbocycles. The Bertz CT molecular complexity index is 760. The molecule has 0 spiro atoms. The minimum Gasteiger partial charge on any atom is -0.348 e. The van der Waals surface area contributed by atoms with Gasteiger partial charge in [-0.25, -0.2) is 9.07 Å². The Morgan fingerprint density at radius 2 is 1.88 bits per heavy atom. The zero-order chi connectivity index (χ0) is 19.5. The van der Waals surface area contributed by atoms with Gasteiger partial charge in [-0.2, -0.15) is 13.2 Å². The molecule has 1 unspecified atom stereocenters. The van der Waals surface area contributed by atoms with E-state index in [2.05, 4.69) is 15.5 Å². The molecule has 1 amide bonds. The van der Waals surface area contributed by atoms with Gasteiger partial charge in [-0.3, -0.25) is 4.79 Å². The van der Waals surface area contributed by atoms with E-state index in [0.717, 1.165) is 17.3 Å². The third-order valence-electron chi connectivity index (χ3n) is 3.46. The van der Waals surface area contributed by atoms with Crippen molar-refractivity contribution in [1.82, 2.24) is 20.2 Å². The zero-order valence-corrected chi connectivity index (χ0v) is 14.7. The van der Waals surface area contributed by atoms with Crippen molar-refractivity contribution < 1.29 is 22.4 Å². The number of alkyl halides is 3. The molecule has 0 aliphatic carbocycles. The molecule has 3 N–H and O–H groups in total. The highest BCUT2D eigenvalue weighted by Gasteiger charge is 2.38. The molecule has 0 radical (unpaired) electrons. The van der Waals surface area contributed by atoms with Crippen molar-refractivity contribution in [2.24, 2.45) is 5.92 Å². The molecule has 1 atom stereocenters. The van der Waals surface area contributed by atoms with E-state index >= 15 is 0 Å². The summed E-state index contributed by atoms with van der Waals surface area (Å²) in [6, 6.07) is 5.35. The first-order chi connectivity index (χ1) is 12.1. The van der Waals surface area contributed by atoms with Gasteiger partial charge in [-0.05, 0) is 23.6 Å². The van der Waals surface area contributed by atoms with Gasteiger partial charge in [-0.15, -0.1) is 10.2 Å². The Morgan fingerprint density at radius 1 is 1.27 bits per heavy atom. The smallest absolute Gasteiger partial charge is 0.348 e. The highest BCUT2D eigenvalue weighted by Crippen LogP contribution is 2.29. The van der Waals surface area contributed by atoms with E-state index < -0.39 is 17.9 Å². The zero-order valence-electron chi connectivity index (χ0n) is 13.9. The normalized spacial score (nSPS) is 13.0. The van der Waals surface area contributed by atoms with E-state index in [-0.39, 0.29) is 28.7 Å². The highest BCUT2D eigenvalue weighted by molar-refractivity contribution is 7.99. The van der Waals surface area contributed by atoms with Crippen molar-refractivity contribution in [2.45, 2.75) is 31.2 Å². The van der Waals surface area contributed by atoms with Gasteiger partial charge < -0.3 is 11.2 Å². The average molecular weight is 391 g/mol. The molecule has 6 nitrogen and oxygen atoms in total. The number of carbonyl (C=O) groups excluding carboxylic acids is 1. The van der Waals surface area contributed by atoms with Gasteiger partial charge >= 0.3 is 6.18 Å². The van der Waals surface area contributed by atoms with Crippen molar-refractivity contribution in [3.8, 4) is 0 Å². The summed E-state index contributed by atoms with van der Waals surface area (Å²) in [5, 5.41) is 8.88. The number of nitrogens with two attached hydrogens (primary N) is 1. The lowest BCUT2D eigenvalue weighted by molar-refractivity contribution is -0.146. The van der Waals surface area contributed by atoms with Gasteiger partial charge in [0.25, 0.3) is 5.82 Å². The molecule has 0 saturated carbocycles. The Kier molecular flexibility index (Phi) is 6.11. The first-order valence-electron chi connectivity index (χ1n) is 7.55. The number of nitrogen functional groups attached to an aromatic ring is 1. The van der Waals surface area contributed by atoms with Crippen LogP contribution in [0.2, 0.25) is 0 Å². The Hall–Kier alpha value is -2.30. The summed E-state index contributed by atoms with van der Waals surface area (Å²) in [6.45, 7) is 3.77. The van der Waals surface area contributed by atoms with Crippen molar-refractivity contribution in [2.75, 3.05) is 11.6 Å². The summed E-state index contributed by atoms with van der Waals surface area (Å²) in [5.74, 6) is 2.98. The molecule has 2 rings (SSSR count). The van der Waals surface area contributed by atoms with Gasteiger partial charge in [-0.1, -0.05) is 37.7 Å². The van der Waals surface area contributed by atoms with Crippen LogP contribution in [0.3, 0.4) is 0 Å². The number of thioether (sulfide) groups is 1. The molecule has 11 heteroatoms. The second-order valence-electron chi connectivity index (χ2n) is 5.80. The van der Waals surface area contributed by atoms with Crippen LogP contribution in [0.5, 0.6) is 0 Å². The summed E-state index contributed by atoms with van der Waals surface area (Å²) < 4.78 is 51.2. The predicted molar refractivity (Wildman–Crippen MR) is 88.0 cm³/mol. The maximum Gasteiger partial charge on any atom is 0.453 e. The van der Waals surface area contributed by atoms with Crippen molar-refractivity contribution in [3.05, 3.63) is 41.5 Å². The van der Waals surface area contributed by atoms with Crippen LogP contribution in [0.1, 0.15) is 31.3 Å². The summed E-state index contributed by atoms with van der Waals surface area (Å²) >= 11 is 0.736. The third kappa shape index (κ3) is 4.87. The average Bonchev–Trinajstić information content (AvgIpc) is 2.92. The molecule has 142 valence electrons. The van der Waals surface area contributed by atoms with Gasteiger partial charge in [0.1, 0.15) is 5.82 Å². The van der Waals surface area contributed by atoms with E-state index in [0.29, 0.717) is 4.68 Å². The molecule has 2 aromatic rings. The third-order valence-corrected chi connectivity index (χ3v) is 4.41. The first kappa shape index (κ1) is 20.0. The molecule has 1 aromatic heterocycles. The number of halogens is 4. The van der Waals surface area contributed by atoms with Crippen LogP contribution in [0.25, 0.3) is 0 Å². The topological polar surface area (TPSA) is 85.8 Å². The molecular weight excluding hydrogens is 374 g/mol.